The fourth-order valence-electron chi connectivity index (χ4n) is 3.42. The first kappa shape index (κ1) is 18.2. The smallest absolute Gasteiger partial charge is 0.320 e. The Morgan fingerprint density at radius 3 is 2.12 bits per heavy atom. The Labute approximate surface area is 142 Å². The zero-order valence-corrected chi connectivity index (χ0v) is 14.2. The molecule has 1 unspecified atom stereocenters. The zero-order valence-electron chi connectivity index (χ0n) is 14.2. The van der Waals surface area contributed by atoms with Crippen molar-refractivity contribution >= 4 is 17.7 Å². The first-order valence-electron chi connectivity index (χ1n) is 8.47. The molecule has 0 N–H and O–H groups in total. The minimum absolute atomic E-state index is 0.0762. The second-order valence-electron chi connectivity index (χ2n) is 5.99. The van der Waals surface area contributed by atoms with Gasteiger partial charge in [0.05, 0.1) is 18.6 Å². The Morgan fingerprint density at radius 2 is 1.67 bits per heavy atom. The SMILES string of the molecule is CCOC(=O)C(CC1(c2ccccc2)CCCC1=O)C(=O)OCC. The lowest BCUT2D eigenvalue weighted by Crippen LogP contribution is -2.39. The van der Waals surface area contributed by atoms with E-state index in [4.69, 9.17) is 9.47 Å². The number of hydrogen-bond donors (Lipinski definition) is 0. The molecule has 0 bridgehead atoms. The molecular formula is C19H24O5. The Balaban J connectivity index is 2.37. The van der Waals surface area contributed by atoms with Crippen LogP contribution in [-0.2, 0) is 29.3 Å². The van der Waals surface area contributed by atoms with Crippen molar-refractivity contribution in [3.63, 3.8) is 0 Å². The number of esters is 2. The minimum atomic E-state index is -1.08. The van der Waals surface area contributed by atoms with Crippen LogP contribution in [0.25, 0.3) is 0 Å². The van der Waals surface area contributed by atoms with Crippen molar-refractivity contribution in [1.82, 2.24) is 0 Å². The molecular weight excluding hydrogens is 308 g/mol. The van der Waals surface area contributed by atoms with Gasteiger partial charge in [0.25, 0.3) is 0 Å². The van der Waals surface area contributed by atoms with Gasteiger partial charge in [0, 0.05) is 6.42 Å². The van der Waals surface area contributed by atoms with Gasteiger partial charge in [0.1, 0.15) is 5.78 Å². The Morgan fingerprint density at radius 1 is 1.08 bits per heavy atom. The quantitative estimate of drug-likeness (QED) is 0.567. The Bertz CT molecular complexity index is 577. The molecule has 0 saturated heterocycles. The maximum atomic E-state index is 12.7. The molecule has 1 saturated carbocycles. The summed E-state index contributed by atoms with van der Waals surface area (Å²) in [5.74, 6) is -2.24. The van der Waals surface area contributed by atoms with Crippen LogP contribution in [0, 0.1) is 5.92 Å². The molecule has 0 aliphatic heterocycles. The second kappa shape index (κ2) is 8.08. The highest BCUT2D eigenvalue weighted by Crippen LogP contribution is 2.43. The number of hydrogen-bond acceptors (Lipinski definition) is 5. The van der Waals surface area contributed by atoms with Gasteiger partial charge in [0.15, 0.2) is 5.92 Å². The number of ketones is 1. The summed E-state index contributed by atoms with van der Waals surface area (Å²) in [5.41, 5.74) is 0.0388. The van der Waals surface area contributed by atoms with Crippen molar-refractivity contribution in [3.8, 4) is 0 Å². The summed E-state index contributed by atoms with van der Waals surface area (Å²) in [5, 5.41) is 0. The number of carbonyl (C=O) groups excluding carboxylic acids is 3. The summed E-state index contributed by atoms with van der Waals surface area (Å²) in [6.45, 7) is 3.74. The summed E-state index contributed by atoms with van der Waals surface area (Å²) in [6.07, 6.45) is 1.96. The maximum Gasteiger partial charge on any atom is 0.320 e. The van der Waals surface area contributed by atoms with Crippen LogP contribution in [-0.4, -0.2) is 30.9 Å². The molecule has 5 heteroatoms. The number of rotatable bonds is 7. The highest BCUT2D eigenvalue weighted by Gasteiger charge is 2.48. The molecule has 24 heavy (non-hydrogen) atoms. The van der Waals surface area contributed by atoms with Gasteiger partial charge in [-0.15, -0.1) is 0 Å². The van der Waals surface area contributed by atoms with E-state index < -0.39 is 23.3 Å². The van der Waals surface area contributed by atoms with E-state index in [0.717, 1.165) is 12.0 Å². The second-order valence-corrected chi connectivity index (χ2v) is 5.99. The molecule has 5 nitrogen and oxygen atoms in total. The van der Waals surface area contributed by atoms with Crippen LogP contribution < -0.4 is 0 Å². The highest BCUT2D eigenvalue weighted by atomic mass is 16.6. The van der Waals surface area contributed by atoms with Crippen molar-refractivity contribution in [2.24, 2.45) is 5.92 Å². The number of benzene rings is 1. The fourth-order valence-corrected chi connectivity index (χ4v) is 3.42. The predicted molar refractivity (Wildman–Crippen MR) is 88.4 cm³/mol. The summed E-state index contributed by atoms with van der Waals surface area (Å²) < 4.78 is 10.1. The molecule has 2 rings (SSSR count). The lowest BCUT2D eigenvalue weighted by molar-refractivity contribution is -0.162. The van der Waals surface area contributed by atoms with Gasteiger partial charge >= 0.3 is 11.9 Å². The van der Waals surface area contributed by atoms with E-state index in [1.807, 2.05) is 30.3 Å². The monoisotopic (exact) mass is 332 g/mol. The van der Waals surface area contributed by atoms with Gasteiger partial charge in [-0.1, -0.05) is 30.3 Å². The van der Waals surface area contributed by atoms with Gasteiger partial charge in [-0.2, -0.15) is 0 Å². The first-order valence-corrected chi connectivity index (χ1v) is 8.47. The summed E-state index contributed by atoms with van der Waals surface area (Å²) >= 11 is 0. The number of ether oxygens (including phenoxy) is 2. The maximum absolute atomic E-state index is 12.7. The third-order valence-corrected chi connectivity index (χ3v) is 4.56. The Hall–Kier alpha value is -2.17. The van der Waals surface area contributed by atoms with E-state index in [1.165, 1.54) is 0 Å². The molecule has 0 radical (unpaired) electrons. The molecule has 1 fully saturated rings. The van der Waals surface area contributed by atoms with Crippen molar-refractivity contribution in [3.05, 3.63) is 35.9 Å². The van der Waals surface area contributed by atoms with Crippen molar-refractivity contribution in [2.45, 2.75) is 44.9 Å². The average Bonchev–Trinajstić information content (AvgIpc) is 2.95. The van der Waals surface area contributed by atoms with Crippen molar-refractivity contribution < 1.29 is 23.9 Å². The van der Waals surface area contributed by atoms with Crippen LogP contribution >= 0.6 is 0 Å². The molecule has 1 aromatic carbocycles. The van der Waals surface area contributed by atoms with E-state index in [-0.39, 0.29) is 25.4 Å². The van der Waals surface area contributed by atoms with Crippen molar-refractivity contribution in [1.29, 1.82) is 0 Å². The summed E-state index contributed by atoms with van der Waals surface area (Å²) in [7, 11) is 0. The molecule has 0 aromatic heterocycles. The van der Waals surface area contributed by atoms with Crippen LogP contribution in [0.2, 0.25) is 0 Å². The topological polar surface area (TPSA) is 69.7 Å². The van der Waals surface area contributed by atoms with Gasteiger partial charge in [-0.05, 0) is 38.7 Å². The molecule has 130 valence electrons. The average molecular weight is 332 g/mol. The first-order chi connectivity index (χ1) is 11.5. The molecule has 0 amide bonds. The normalized spacial score (nSPS) is 20.2. The van der Waals surface area contributed by atoms with E-state index >= 15 is 0 Å². The Kier molecular flexibility index (Phi) is 6.12. The summed E-state index contributed by atoms with van der Waals surface area (Å²) in [4.78, 5) is 37.3. The number of carbonyl (C=O) groups is 3. The van der Waals surface area contributed by atoms with Gasteiger partial charge in [-0.3, -0.25) is 14.4 Å². The zero-order chi connectivity index (χ0) is 17.6. The predicted octanol–water partition coefficient (Wildman–Crippen LogP) is 2.81. The van der Waals surface area contributed by atoms with Crippen LogP contribution in [0.3, 0.4) is 0 Å². The van der Waals surface area contributed by atoms with Crippen LogP contribution in [0.5, 0.6) is 0 Å². The largest absolute Gasteiger partial charge is 0.465 e. The van der Waals surface area contributed by atoms with E-state index in [0.29, 0.717) is 12.8 Å². The van der Waals surface area contributed by atoms with Gasteiger partial charge < -0.3 is 9.47 Å². The molecule has 0 heterocycles. The summed E-state index contributed by atoms with van der Waals surface area (Å²) in [6, 6.07) is 9.39. The van der Waals surface area contributed by atoms with E-state index in [2.05, 4.69) is 0 Å². The van der Waals surface area contributed by atoms with Gasteiger partial charge in [0.2, 0.25) is 0 Å². The molecule has 1 aromatic rings. The van der Waals surface area contributed by atoms with Crippen LogP contribution in [0.1, 0.15) is 45.1 Å². The number of Topliss-reactive ketones (excluding diaryl/α,β-unsaturated/α-hetero) is 1. The molecule has 1 atom stereocenters. The lowest BCUT2D eigenvalue weighted by atomic mass is 9.71. The molecule has 1 aliphatic rings. The third kappa shape index (κ3) is 3.66. The lowest BCUT2D eigenvalue weighted by Gasteiger charge is -2.30. The van der Waals surface area contributed by atoms with Gasteiger partial charge in [-0.25, -0.2) is 0 Å². The highest BCUT2D eigenvalue weighted by molar-refractivity contribution is 5.98. The fraction of sp³-hybridized carbons (Fsp3) is 0.526. The van der Waals surface area contributed by atoms with E-state index in [9.17, 15) is 14.4 Å². The molecule has 1 aliphatic carbocycles. The standard InChI is InChI=1S/C19H24O5/c1-3-23-17(21)15(18(22)24-4-2)13-19(12-8-11-16(19)20)14-9-6-5-7-10-14/h5-7,9-10,15H,3-4,8,11-13H2,1-2H3. The van der Waals surface area contributed by atoms with E-state index in [1.54, 1.807) is 13.8 Å². The molecule has 0 spiro atoms. The van der Waals surface area contributed by atoms with Crippen LogP contribution in [0.4, 0.5) is 0 Å². The third-order valence-electron chi connectivity index (χ3n) is 4.56. The van der Waals surface area contributed by atoms with Crippen LogP contribution in [0.15, 0.2) is 30.3 Å². The van der Waals surface area contributed by atoms with Crippen molar-refractivity contribution in [2.75, 3.05) is 13.2 Å². The minimum Gasteiger partial charge on any atom is -0.465 e.